The Morgan fingerprint density at radius 3 is 2.72 bits per heavy atom. The molecule has 1 aliphatic rings. The van der Waals surface area contributed by atoms with E-state index < -0.39 is 15.7 Å². The SMILES string of the molecule is CC(C)(C)NS(=O)(=O)Nc1nc2c(s1)CNCC2. The Hall–Kier alpha value is -0.700. The molecule has 0 aliphatic carbocycles. The fourth-order valence-corrected chi connectivity index (χ4v) is 4.17. The first-order chi connectivity index (χ1) is 8.25. The van der Waals surface area contributed by atoms with Crippen molar-refractivity contribution in [2.24, 2.45) is 0 Å². The zero-order valence-corrected chi connectivity index (χ0v) is 12.3. The average molecular weight is 290 g/mol. The monoisotopic (exact) mass is 290 g/mol. The second-order valence-corrected chi connectivity index (χ2v) is 7.77. The number of fused-ring (bicyclic) bond motifs is 1. The lowest BCUT2D eigenvalue weighted by molar-refractivity contribution is 0.494. The number of hydrogen-bond donors (Lipinski definition) is 3. The highest BCUT2D eigenvalue weighted by Crippen LogP contribution is 2.25. The van der Waals surface area contributed by atoms with Crippen molar-refractivity contribution in [3.63, 3.8) is 0 Å². The van der Waals surface area contributed by atoms with Gasteiger partial charge in [-0.2, -0.15) is 13.1 Å². The van der Waals surface area contributed by atoms with Crippen LogP contribution in [0.2, 0.25) is 0 Å². The first kappa shape index (κ1) is 13.7. The summed E-state index contributed by atoms with van der Waals surface area (Å²) < 4.78 is 28.7. The van der Waals surface area contributed by atoms with Crippen molar-refractivity contribution >= 4 is 26.7 Å². The van der Waals surface area contributed by atoms with Crippen LogP contribution in [0.15, 0.2) is 0 Å². The summed E-state index contributed by atoms with van der Waals surface area (Å²) in [7, 11) is -3.56. The van der Waals surface area contributed by atoms with Crippen LogP contribution in [0.25, 0.3) is 0 Å². The molecular weight excluding hydrogens is 272 g/mol. The summed E-state index contributed by atoms with van der Waals surface area (Å²) in [6, 6.07) is 0. The molecule has 0 saturated heterocycles. The van der Waals surface area contributed by atoms with Gasteiger partial charge in [0.1, 0.15) is 0 Å². The van der Waals surface area contributed by atoms with E-state index in [0.717, 1.165) is 30.1 Å². The van der Waals surface area contributed by atoms with Crippen molar-refractivity contribution in [3.8, 4) is 0 Å². The van der Waals surface area contributed by atoms with Gasteiger partial charge in [-0.05, 0) is 20.8 Å². The molecule has 0 bridgehead atoms. The van der Waals surface area contributed by atoms with E-state index in [9.17, 15) is 8.42 Å². The van der Waals surface area contributed by atoms with Gasteiger partial charge in [0.2, 0.25) is 0 Å². The van der Waals surface area contributed by atoms with Gasteiger partial charge in [0.15, 0.2) is 5.13 Å². The van der Waals surface area contributed by atoms with E-state index >= 15 is 0 Å². The first-order valence-electron chi connectivity index (χ1n) is 5.76. The van der Waals surface area contributed by atoms with Crippen molar-refractivity contribution < 1.29 is 8.42 Å². The van der Waals surface area contributed by atoms with Crippen molar-refractivity contribution in [2.45, 2.75) is 39.3 Å². The highest BCUT2D eigenvalue weighted by molar-refractivity contribution is 7.91. The standard InChI is InChI=1S/C10H18N4O2S2/c1-10(2,3)14-18(15,16)13-9-12-7-4-5-11-6-8(7)17-9/h11,14H,4-6H2,1-3H3,(H,12,13). The molecular formula is C10H18N4O2S2. The Kier molecular flexibility index (Phi) is 3.63. The summed E-state index contributed by atoms with van der Waals surface area (Å²) in [5, 5.41) is 3.66. The molecule has 8 heteroatoms. The Morgan fingerprint density at radius 2 is 2.11 bits per heavy atom. The minimum atomic E-state index is -3.56. The van der Waals surface area contributed by atoms with Crippen LogP contribution in [0.4, 0.5) is 5.13 Å². The number of rotatable bonds is 3. The maximum Gasteiger partial charge on any atom is 0.301 e. The molecule has 0 radical (unpaired) electrons. The van der Waals surface area contributed by atoms with Gasteiger partial charge in [-0.15, -0.1) is 0 Å². The Balaban J connectivity index is 2.12. The number of anilines is 1. The lowest BCUT2D eigenvalue weighted by atomic mass is 10.1. The van der Waals surface area contributed by atoms with Gasteiger partial charge in [-0.25, -0.2) is 9.71 Å². The van der Waals surface area contributed by atoms with Crippen LogP contribution < -0.4 is 14.8 Å². The van der Waals surface area contributed by atoms with Crippen LogP contribution >= 0.6 is 11.3 Å². The number of aromatic nitrogens is 1. The Bertz CT molecular complexity index is 507. The summed E-state index contributed by atoms with van der Waals surface area (Å²) in [6.45, 7) is 7.04. The lowest BCUT2D eigenvalue weighted by Crippen LogP contribution is -2.43. The minimum Gasteiger partial charge on any atom is -0.311 e. The van der Waals surface area contributed by atoms with Gasteiger partial charge in [0.05, 0.1) is 5.69 Å². The predicted molar refractivity (Wildman–Crippen MR) is 73.0 cm³/mol. The van der Waals surface area contributed by atoms with E-state index in [1.807, 2.05) is 0 Å². The molecule has 0 unspecified atom stereocenters. The number of thiazole rings is 1. The molecule has 0 fully saturated rings. The van der Waals surface area contributed by atoms with Crippen LogP contribution in [0.3, 0.4) is 0 Å². The molecule has 102 valence electrons. The van der Waals surface area contributed by atoms with Crippen molar-refractivity contribution in [3.05, 3.63) is 10.6 Å². The highest BCUT2D eigenvalue weighted by atomic mass is 32.2. The summed E-state index contributed by atoms with van der Waals surface area (Å²) in [6.07, 6.45) is 0.847. The number of nitrogens with one attached hydrogen (secondary N) is 3. The van der Waals surface area contributed by atoms with Gasteiger partial charge in [0, 0.05) is 29.9 Å². The number of nitrogens with zero attached hydrogens (tertiary/aromatic N) is 1. The molecule has 1 aliphatic heterocycles. The molecule has 1 aromatic heterocycles. The summed E-state index contributed by atoms with van der Waals surface area (Å²) in [4.78, 5) is 5.42. The Morgan fingerprint density at radius 1 is 1.39 bits per heavy atom. The normalized spacial score (nSPS) is 16.4. The molecule has 0 aromatic carbocycles. The molecule has 2 heterocycles. The van der Waals surface area contributed by atoms with Crippen LogP contribution in [-0.2, 0) is 23.2 Å². The van der Waals surface area contributed by atoms with E-state index in [1.165, 1.54) is 11.3 Å². The van der Waals surface area contributed by atoms with E-state index in [0.29, 0.717) is 5.13 Å². The van der Waals surface area contributed by atoms with Gasteiger partial charge < -0.3 is 5.32 Å². The fraction of sp³-hybridized carbons (Fsp3) is 0.700. The first-order valence-corrected chi connectivity index (χ1v) is 8.06. The van der Waals surface area contributed by atoms with Crippen LogP contribution in [0, 0.1) is 0 Å². The molecule has 0 saturated carbocycles. The van der Waals surface area contributed by atoms with E-state index in [1.54, 1.807) is 20.8 Å². The maximum atomic E-state index is 11.9. The largest absolute Gasteiger partial charge is 0.311 e. The predicted octanol–water partition coefficient (Wildman–Crippen LogP) is 0.834. The third kappa shape index (κ3) is 3.64. The third-order valence-corrected chi connectivity index (χ3v) is 4.75. The third-order valence-electron chi connectivity index (χ3n) is 2.26. The highest BCUT2D eigenvalue weighted by Gasteiger charge is 2.22. The van der Waals surface area contributed by atoms with Crippen LogP contribution in [-0.4, -0.2) is 25.5 Å². The summed E-state index contributed by atoms with van der Waals surface area (Å²) >= 11 is 1.38. The van der Waals surface area contributed by atoms with Crippen LogP contribution in [0.1, 0.15) is 31.3 Å². The van der Waals surface area contributed by atoms with Gasteiger partial charge in [-0.3, -0.25) is 0 Å². The van der Waals surface area contributed by atoms with E-state index in [2.05, 4.69) is 19.7 Å². The molecule has 0 spiro atoms. The maximum absolute atomic E-state index is 11.9. The fourth-order valence-electron chi connectivity index (χ4n) is 1.71. The average Bonchev–Trinajstić information content (AvgIpc) is 2.53. The Labute approximate surface area is 111 Å². The van der Waals surface area contributed by atoms with Gasteiger partial charge >= 0.3 is 10.2 Å². The zero-order valence-electron chi connectivity index (χ0n) is 10.7. The summed E-state index contributed by atoms with van der Waals surface area (Å²) in [5.74, 6) is 0. The zero-order chi connectivity index (χ0) is 13.4. The summed E-state index contributed by atoms with van der Waals surface area (Å²) in [5.41, 5.74) is 0.483. The van der Waals surface area contributed by atoms with Gasteiger partial charge in [-0.1, -0.05) is 11.3 Å². The van der Waals surface area contributed by atoms with Crippen molar-refractivity contribution in [1.82, 2.24) is 15.0 Å². The smallest absolute Gasteiger partial charge is 0.301 e. The van der Waals surface area contributed by atoms with Crippen molar-refractivity contribution in [1.29, 1.82) is 0 Å². The topological polar surface area (TPSA) is 83.1 Å². The van der Waals surface area contributed by atoms with Crippen molar-refractivity contribution in [2.75, 3.05) is 11.3 Å². The van der Waals surface area contributed by atoms with E-state index in [-0.39, 0.29) is 0 Å². The molecule has 2 rings (SSSR count). The minimum absolute atomic E-state index is 0.431. The van der Waals surface area contributed by atoms with Crippen LogP contribution in [0.5, 0.6) is 0 Å². The quantitative estimate of drug-likeness (QED) is 0.770. The molecule has 0 amide bonds. The molecule has 3 N–H and O–H groups in total. The van der Waals surface area contributed by atoms with Gasteiger partial charge in [0.25, 0.3) is 0 Å². The second kappa shape index (κ2) is 4.76. The lowest BCUT2D eigenvalue weighted by Gasteiger charge is -2.20. The second-order valence-electron chi connectivity index (χ2n) is 5.27. The molecule has 6 nitrogen and oxygen atoms in total. The van der Waals surface area contributed by atoms with E-state index in [4.69, 9.17) is 0 Å². The molecule has 18 heavy (non-hydrogen) atoms. The molecule has 1 aromatic rings. The molecule has 0 atom stereocenters. The number of hydrogen-bond acceptors (Lipinski definition) is 5.